The lowest BCUT2D eigenvalue weighted by Gasteiger charge is -2.37. The number of pyridine rings is 1. The summed E-state index contributed by atoms with van der Waals surface area (Å²) in [4.78, 5) is 25.9. The van der Waals surface area contributed by atoms with Crippen molar-refractivity contribution in [3.05, 3.63) is 52.8 Å². The molecule has 5 N–H and O–H groups in total. The van der Waals surface area contributed by atoms with Gasteiger partial charge in [0.2, 0.25) is 0 Å². The SMILES string of the molecule is CC1CN(c2ccc3nc(-c4c(N)c5ccccc5[nH]c4=O)[nH]c3c2)CC(C)N1. The van der Waals surface area contributed by atoms with E-state index >= 15 is 0 Å². The molecule has 148 valence electrons. The first-order valence-corrected chi connectivity index (χ1v) is 9.91. The van der Waals surface area contributed by atoms with Crippen LogP contribution in [-0.4, -0.2) is 40.1 Å². The Labute approximate surface area is 167 Å². The largest absolute Gasteiger partial charge is 0.397 e. The van der Waals surface area contributed by atoms with Crippen LogP contribution in [0.15, 0.2) is 47.3 Å². The quantitative estimate of drug-likeness (QED) is 0.423. The molecule has 5 rings (SSSR count). The number of anilines is 2. The molecular formula is C22H24N6O. The molecule has 1 saturated heterocycles. The first-order valence-electron chi connectivity index (χ1n) is 9.91. The van der Waals surface area contributed by atoms with Crippen molar-refractivity contribution in [2.45, 2.75) is 25.9 Å². The molecule has 0 radical (unpaired) electrons. The number of nitrogens with two attached hydrogens (primary N) is 1. The molecule has 2 aromatic carbocycles. The summed E-state index contributed by atoms with van der Waals surface area (Å²) in [7, 11) is 0. The highest BCUT2D eigenvalue weighted by molar-refractivity contribution is 5.97. The van der Waals surface area contributed by atoms with Crippen molar-refractivity contribution >= 4 is 33.3 Å². The van der Waals surface area contributed by atoms with Crippen LogP contribution in [0.5, 0.6) is 0 Å². The number of piperazine rings is 1. The Morgan fingerprint density at radius 3 is 2.59 bits per heavy atom. The van der Waals surface area contributed by atoms with Crippen molar-refractivity contribution in [3.63, 3.8) is 0 Å². The second kappa shape index (κ2) is 6.63. The first kappa shape index (κ1) is 17.8. The fourth-order valence-electron chi connectivity index (χ4n) is 4.35. The second-order valence-corrected chi connectivity index (χ2v) is 7.95. The van der Waals surface area contributed by atoms with E-state index in [-0.39, 0.29) is 5.56 Å². The maximum Gasteiger partial charge on any atom is 0.261 e. The third-order valence-corrected chi connectivity index (χ3v) is 5.59. The molecule has 3 heterocycles. The molecule has 4 aromatic rings. The molecule has 0 bridgehead atoms. The number of nitrogen functional groups attached to an aromatic ring is 1. The molecule has 2 atom stereocenters. The Morgan fingerprint density at radius 2 is 1.79 bits per heavy atom. The smallest absolute Gasteiger partial charge is 0.261 e. The maximum atomic E-state index is 12.7. The van der Waals surface area contributed by atoms with Gasteiger partial charge in [-0.1, -0.05) is 18.2 Å². The molecule has 0 amide bonds. The van der Waals surface area contributed by atoms with Crippen molar-refractivity contribution in [2.24, 2.45) is 0 Å². The number of H-pyrrole nitrogens is 2. The highest BCUT2D eigenvalue weighted by Gasteiger charge is 2.22. The van der Waals surface area contributed by atoms with Crippen LogP contribution in [0.4, 0.5) is 11.4 Å². The van der Waals surface area contributed by atoms with Gasteiger partial charge in [0.1, 0.15) is 11.4 Å². The van der Waals surface area contributed by atoms with Crippen LogP contribution < -0.4 is 21.5 Å². The van der Waals surface area contributed by atoms with Crippen molar-refractivity contribution in [2.75, 3.05) is 23.7 Å². The lowest BCUT2D eigenvalue weighted by molar-refractivity contribution is 0.407. The Morgan fingerprint density at radius 1 is 1.03 bits per heavy atom. The zero-order valence-electron chi connectivity index (χ0n) is 16.5. The molecule has 0 aliphatic carbocycles. The molecule has 1 fully saturated rings. The lowest BCUT2D eigenvalue weighted by Crippen LogP contribution is -2.54. The highest BCUT2D eigenvalue weighted by atomic mass is 16.1. The predicted molar refractivity (Wildman–Crippen MR) is 118 cm³/mol. The second-order valence-electron chi connectivity index (χ2n) is 7.95. The van der Waals surface area contributed by atoms with E-state index in [1.54, 1.807) is 0 Å². The van der Waals surface area contributed by atoms with Crippen molar-refractivity contribution in [3.8, 4) is 11.4 Å². The minimum atomic E-state index is -0.245. The average Bonchev–Trinajstić information content (AvgIpc) is 3.10. The van der Waals surface area contributed by atoms with Crippen LogP contribution in [0.1, 0.15) is 13.8 Å². The number of para-hydroxylation sites is 1. The van der Waals surface area contributed by atoms with Crippen LogP contribution in [0.2, 0.25) is 0 Å². The number of imidazole rings is 1. The predicted octanol–water partition coefficient (Wildman–Crippen LogP) is 2.84. The molecule has 29 heavy (non-hydrogen) atoms. The van der Waals surface area contributed by atoms with Gasteiger partial charge in [0.25, 0.3) is 5.56 Å². The van der Waals surface area contributed by atoms with E-state index in [2.05, 4.69) is 51.1 Å². The lowest BCUT2D eigenvalue weighted by atomic mass is 10.1. The van der Waals surface area contributed by atoms with E-state index in [0.29, 0.717) is 29.2 Å². The Kier molecular flexibility index (Phi) is 4.06. The number of hydrogen-bond acceptors (Lipinski definition) is 5. The molecule has 2 unspecified atom stereocenters. The van der Waals surface area contributed by atoms with Gasteiger partial charge in [0.05, 0.1) is 22.2 Å². The summed E-state index contributed by atoms with van der Waals surface area (Å²) in [6.45, 7) is 6.30. The third-order valence-electron chi connectivity index (χ3n) is 5.59. The average molecular weight is 388 g/mol. The van der Waals surface area contributed by atoms with E-state index in [0.717, 1.165) is 40.7 Å². The van der Waals surface area contributed by atoms with Gasteiger partial charge in [-0.05, 0) is 38.1 Å². The molecule has 0 spiro atoms. The molecule has 7 heteroatoms. The number of nitrogens with one attached hydrogen (secondary N) is 3. The summed E-state index contributed by atoms with van der Waals surface area (Å²) in [5.74, 6) is 0.490. The number of fused-ring (bicyclic) bond motifs is 2. The number of hydrogen-bond donors (Lipinski definition) is 4. The van der Waals surface area contributed by atoms with Gasteiger partial charge in [0, 0.05) is 36.2 Å². The summed E-state index contributed by atoms with van der Waals surface area (Å²) in [6, 6.07) is 14.6. The van der Waals surface area contributed by atoms with Gasteiger partial charge in [-0.2, -0.15) is 0 Å². The van der Waals surface area contributed by atoms with Crippen LogP contribution in [0.25, 0.3) is 33.3 Å². The van der Waals surface area contributed by atoms with Gasteiger partial charge in [0.15, 0.2) is 0 Å². The van der Waals surface area contributed by atoms with E-state index < -0.39 is 0 Å². The number of aromatic amines is 2. The number of aromatic nitrogens is 3. The van der Waals surface area contributed by atoms with Gasteiger partial charge < -0.3 is 25.9 Å². The minimum Gasteiger partial charge on any atom is -0.397 e. The maximum absolute atomic E-state index is 12.7. The minimum absolute atomic E-state index is 0.245. The Bertz CT molecular complexity index is 1260. The van der Waals surface area contributed by atoms with Gasteiger partial charge >= 0.3 is 0 Å². The van der Waals surface area contributed by atoms with E-state index in [9.17, 15) is 4.79 Å². The number of benzene rings is 2. The number of rotatable bonds is 2. The summed E-state index contributed by atoms with van der Waals surface area (Å²) >= 11 is 0. The van der Waals surface area contributed by atoms with Crippen molar-refractivity contribution in [1.29, 1.82) is 0 Å². The topological polar surface area (TPSA) is 103 Å². The summed E-state index contributed by atoms with van der Waals surface area (Å²) < 4.78 is 0. The van der Waals surface area contributed by atoms with E-state index in [1.165, 1.54) is 0 Å². The summed E-state index contributed by atoms with van der Waals surface area (Å²) in [5, 5.41) is 4.37. The Balaban J connectivity index is 1.59. The van der Waals surface area contributed by atoms with Crippen LogP contribution in [-0.2, 0) is 0 Å². The molecule has 1 aliphatic heterocycles. The monoisotopic (exact) mass is 388 g/mol. The molecule has 7 nitrogen and oxygen atoms in total. The standard InChI is InChI=1S/C22H24N6O/c1-12-10-28(11-13(2)24-12)14-7-8-17-18(9-14)26-21(25-17)19-20(23)15-5-3-4-6-16(15)27-22(19)29/h3-9,12-13,24H,10-11H2,1-2H3,(H,25,26)(H3,23,27,29). The van der Waals surface area contributed by atoms with Crippen LogP contribution in [0, 0.1) is 0 Å². The molecular weight excluding hydrogens is 364 g/mol. The van der Waals surface area contributed by atoms with Crippen molar-refractivity contribution in [1.82, 2.24) is 20.3 Å². The first-order chi connectivity index (χ1) is 14.0. The van der Waals surface area contributed by atoms with E-state index in [4.69, 9.17) is 5.73 Å². The third kappa shape index (κ3) is 3.03. The van der Waals surface area contributed by atoms with Gasteiger partial charge in [-0.3, -0.25) is 4.79 Å². The zero-order chi connectivity index (χ0) is 20.1. The van der Waals surface area contributed by atoms with Gasteiger partial charge in [-0.25, -0.2) is 4.98 Å². The fourth-order valence-corrected chi connectivity index (χ4v) is 4.35. The highest BCUT2D eigenvalue weighted by Crippen LogP contribution is 2.29. The molecule has 0 saturated carbocycles. The zero-order valence-corrected chi connectivity index (χ0v) is 16.5. The van der Waals surface area contributed by atoms with Crippen LogP contribution >= 0.6 is 0 Å². The summed E-state index contributed by atoms with van der Waals surface area (Å²) in [5.41, 5.74) is 10.5. The van der Waals surface area contributed by atoms with Gasteiger partial charge in [-0.15, -0.1) is 0 Å². The van der Waals surface area contributed by atoms with Crippen molar-refractivity contribution < 1.29 is 0 Å². The van der Waals surface area contributed by atoms with E-state index in [1.807, 2.05) is 30.3 Å². The Hall–Kier alpha value is -3.32. The molecule has 1 aliphatic rings. The number of nitrogens with zero attached hydrogens (tertiary/aromatic N) is 2. The summed E-state index contributed by atoms with van der Waals surface area (Å²) in [6.07, 6.45) is 0. The van der Waals surface area contributed by atoms with Crippen LogP contribution in [0.3, 0.4) is 0 Å². The molecule has 2 aromatic heterocycles. The normalized spacial score (nSPS) is 19.9. The fraction of sp³-hybridized carbons (Fsp3) is 0.273.